The third-order valence-electron chi connectivity index (χ3n) is 3.73. The summed E-state index contributed by atoms with van der Waals surface area (Å²) in [6, 6.07) is 4.01. The van der Waals surface area contributed by atoms with Crippen LogP contribution in [-0.2, 0) is 11.3 Å². The van der Waals surface area contributed by atoms with Crippen LogP contribution in [0.1, 0.15) is 18.4 Å². The van der Waals surface area contributed by atoms with Crippen molar-refractivity contribution in [2.24, 2.45) is 5.92 Å². The molecule has 0 amide bonds. The Morgan fingerprint density at radius 1 is 1.35 bits per heavy atom. The third-order valence-corrected chi connectivity index (χ3v) is 3.73. The fourth-order valence-electron chi connectivity index (χ4n) is 2.68. The van der Waals surface area contributed by atoms with E-state index in [4.69, 9.17) is 18.9 Å². The van der Waals surface area contributed by atoms with Gasteiger partial charge in [0.2, 0.25) is 12.5 Å². The number of hydrogen-bond donors (Lipinski definition) is 1. The van der Waals surface area contributed by atoms with Gasteiger partial charge in [-0.3, -0.25) is 0 Å². The van der Waals surface area contributed by atoms with Crippen LogP contribution in [-0.4, -0.2) is 33.7 Å². The molecule has 5 heteroatoms. The smallest absolute Gasteiger partial charge is 0.231 e. The summed E-state index contributed by atoms with van der Waals surface area (Å²) in [4.78, 5) is 0. The van der Waals surface area contributed by atoms with E-state index in [0.29, 0.717) is 11.7 Å². The molecule has 1 unspecified atom stereocenters. The van der Waals surface area contributed by atoms with E-state index >= 15 is 0 Å². The summed E-state index contributed by atoms with van der Waals surface area (Å²) in [5, 5.41) is 3.48. The highest BCUT2D eigenvalue weighted by Crippen LogP contribution is 2.41. The average Bonchev–Trinajstić information content (AvgIpc) is 2.96. The molecule has 1 atom stereocenters. The van der Waals surface area contributed by atoms with Gasteiger partial charge in [-0.25, -0.2) is 0 Å². The Bertz CT molecular complexity index is 457. The number of hydrogen-bond acceptors (Lipinski definition) is 5. The first-order chi connectivity index (χ1) is 9.86. The van der Waals surface area contributed by atoms with Crippen LogP contribution < -0.4 is 19.5 Å². The Balaban J connectivity index is 1.57. The third kappa shape index (κ3) is 2.99. The topological polar surface area (TPSA) is 49.0 Å². The molecule has 0 spiro atoms. The van der Waals surface area contributed by atoms with Crippen molar-refractivity contribution in [3.8, 4) is 17.2 Å². The highest BCUT2D eigenvalue weighted by Gasteiger charge is 2.20. The largest absolute Gasteiger partial charge is 0.493 e. The van der Waals surface area contributed by atoms with Crippen molar-refractivity contribution in [1.29, 1.82) is 0 Å². The number of ether oxygens (including phenoxy) is 4. The van der Waals surface area contributed by atoms with Crippen LogP contribution >= 0.6 is 0 Å². The summed E-state index contributed by atoms with van der Waals surface area (Å²) >= 11 is 0. The number of methoxy groups -OCH3 is 1. The summed E-state index contributed by atoms with van der Waals surface area (Å²) in [6.07, 6.45) is 2.42. The van der Waals surface area contributed by atoms with Crippen LogP contribution in [0.15, 0.2) is 12.1 Å². The van der Waals surface area contributed by atoms with Gasteiger partial charge in [0.05, 0.1) is 13.7 Å². The van der Waals surface area contributed by atoms with Crippen LogP contribution in [0.25, 0.3) is 0 Å². The lowest BCUT2D eigenvalue weighted by molar-refractivity contribution is 0.0547. The molecule has 3 rings (SSSR count). The van der Waals surface area contributed by atoms with Gasteiger partial charge < -0.3 is 24.3 Å². The van der Waals surface area contributed by atoms with E-state index in [-0.39, 0.29) is 6.79 Å². The van der Waals surface area contributed by atoms with Crippen molar-refractivity contribution >= 4 is 0 Å². The second-order valence-electron chi connectivity index (χ2n) is 5.25. The van der Waals surface area contributed by atoms with Crippen molar-refractivity contribution in [1.82, 2.24) is 5.32 Å². The summed E-state index contributed by atoms with van der Waals surface area (Å²) in [6.45, 7) is 3.83. The number of benzene rings is 1. The molecule has 0 saturated carbocycles. The Morgan fingerprint density at radius 2 is 2.30 bits per heavy atom. The zero-order chi connectivity index (χ0) is 13.8. The normalized spacial score (nSPS) is 20.9. The Hall–Kier alpha value is -1.46. The van der Waals surface area contributed by atoms with E-state index in [9.17, 15) is 0 Å². The second kappa shape index (κ2) is 6.33. The Kier molecular flexibility index (Phi) is 4.28. The van der Waals surface area contributed by atoms with Gasteiger partial charge in [0.25, 0.3) is 0 Å². The SMILES string of the molecule is COc1cc(CNCC2CCCOC2)cc2c1OCO2. The molecule has 0 aromatic heterocycles. The van der Waals surface area contributed by atoms with Gasteiger partial charge in [0, 0.05) is 19.7 Å². The molecule has 5 nitrogen and oxygen atoms in total. The molecule has 2 aliphatic rings. The van der Waals surface area contributed by atoms with Gasteiger partial charge in [0.15, 0.2) is 11.5 Å². The average molecular weight is 279 g/mol. The fourth-order valence-corrected chi connectivity index (χ4v) is 2.68. The van der Waals surface area contributed by atoms with Gasteiger partial charge in [0.1, 0.15) is 0 Å². The summed E-state index contributed by atoms with van der Waals surface area (Å²) in [7, 11) is 1.65. The lowest BCUT2D eigenvalue weighted by atomic mass is 10.0. The summed E-state index contributed by atoms with van der Waals surface area (Å²) in [5.41, 5.74) is 1.14. The molecule has 2 heterocycles. The fraction of sp³-hybridized carbons (Fsp3) is 0.600. The molecule has 110 valence electrons. The van der Waals surface area contributed by atoms with Crippen molar-refractivity contribution in [2.45, 2.75) is 19.4 Å². The van der Waals surface area contributed by atoms with Crippen LogP contribution in [0.3, 0.4) is 0 Å². The maximum atomic E-state index is 5.49. The van der Waals surface area contributed by atoms with Crippen LogP contribution in [0.4, 0.5) is 0 Å². The van der Waals surface area contributed by atoms with Gasteiger partial charge in [-0.1, -0.05) is 0 Å². The molecule has 1 N–H and O–H groups in total. The highest BCUT2D eigenvalue weighted by atomic mass is 16.7. The Morgan fingerprint density at radius 3 is 3.10 bits per heavy atom. The Labute approximate surface area is 119 Å². The number of fused-ring (bicyclic) bond motifs is 1. The first-order valence-electron chi connectivity index (χ1n) is 7.12. The van der Waals surface area contributed by atoms with Gasteiger partial charge in [-0.05, 0) is 36.5 Å². The van der Waals surface area contributed by atoms with Gasteiger partial charge >= 0.3 is 0 Å². The van der Waals surface area contributed by atoms with Crippen molar-refractivity contribution < 1.29 is 18.9 Å². The van der Waals surface area contributed by atoms with Crippen LogP contribution in [0, 0.1) is 5.92 Å². The quantitative estimate of drug-likeness (QED) is 0.892. The van der Waals surface area contributed by atoms with E-state index in [1.807, 2.05) is 12.1 Å². The zero-order valence-corrected chi connectivity index (χ0v) is 11.8. The molecule has 2 aliphatic heterocycles. The molecular formula is C15H21NO4. The molecule has 0 radical (unpaired) electrons. The maximum absolute atomic E-state index is 5.49. The van der Waals surface area contributed by atoms with E-state index in [1.54, 1.807) is 7.11 Å². The highest BCUT2D eigenvalue weighted by molar-refractivity contribution is 5.55. The van der Waals surface area contributed by atoms with Gasteiger partial charge in [-0.15, -0.1) is 0 Å². The second-order valence-corrected chi connectivity index (χ2v) is 5.25. The van der Waals surface area contributed by atoms with Crippen LogP contribution in [0.2, 0.25) is 0 Å². The van der Waals surface area contributed by atoms with E-state index in [2.05, 4.69) is 5.32 Å². The molecular weight excluding hydrogens is 258 g/mol. The minimum absolute atomic E-state index is 0.266. The van der Waals surface area contributed by atoms with E-state index in [1.165, 1.54) is 12.8 Å². The predicted octanol–water partition coefficient (Wildman–Crippen LogP) is 1.94. The van der Waals surface area contributed by atoms with Crippen molar-refractivity contribution in [3.05, 3.63) is 17.7 Å². The molecule has 0 aliphatic carbocycles. The molecule has 1 fully saturated rings. The van der Waals surface area contributed by atoms with Gasteiger partial charge in [-0.2, -0.15) is 0 Å². The first-order valence-corrected chi connectivity index (χ1v) is 7.12. The minimum Gasteiger partial charge on any atom is -0.493 e. The summed E-state index contributed by atoms with van der Waals surface area (Å²) < 4.78 is 21.6. The van der Waals surface area contributed by atoms with Crippen molar-refractivity contribution in [3.63, 3.8) is 0 Å². The summed E-state index contributed by atoms with van der Waals surface area (Å²) in [5.74, 6) is 2.83. The molecule has 1 saturated heterocycles. The molecule has 1 aromatic carbocycles. The zero-order valence-electron chi connectivity index (χ0n) is 11.8. The van der Waals surface area contributed by atoms with Crippen LogP contribution in [0.5, 0.6) is 17.2 Å². The molecule has 1 aromatic rings. The number of rotatable bonds is 5. The van der Waals surface area contributed by atoms with E-state index < -0.39 is 0 Å². The molecule has 20 heavy (non-hydrogen) atoms. The van der Waals surface area contributed by atoms with Crippen molar-refractivity contribution in [2.75, 3.05) is 33.7 Å². The minimum atomic E-state index is 0.266. The van der Waals surface area contributed by atoms with E-state index in [0.717, 1.165) is 43.4 Å². The molecule has 0 bridgehead atoms. The lowest BCUT2D eigenvalue weighted by Crippen LogP contribution is -2.28. The number of nitrogens with one attached hydrogen (secondary N) is 1. The first kappa shape index (κ1) is 13.5. The monoisotopic (exact) mass is 279 g/mol. The maximum Gasteiger partial charge on any atom is 0.231 e. The predicted molar refractivity (Wildman–Crippen MR) is 74.4 cm³/mol. The standard InChI is InChI=1S/C15H21NO4/c1-17-13-5-12(6-14-15(13)20-10-19-14)8-16-7-11-3-2-4-18-9-11/h5-6,11,16H,2-4,7-10H2,1H3. The lowest BCUT2D eigenvalue weighted by Gasteiger charge is -2.22.